The van der Waals surface area contributed by atoms with E-state index >= 15 is 0 Å². The first-order valence-corrected chi connectivity index (χ1v) is 5.49. The minimum atomic E-state index is -0.382. The van der Waals surface area contributed by atoms with Crippen molar-refractivity contribution in [3.05, 3.63) is 35.6 Å². The molecule has 0 unspecified atom stereocenters. The first kappa shape index (κ1) is 18.1. The van der Waals surface area contributed by atoms with Crippen molar-refractivity contribution in [2.75, 3.05) is 13.2 Å². The van der Waals surface area contributed by atoms with Crippen LogP contribution in [0.3, 0.4) is 0 Å². The van der Waals surface area contributed by atoms with Crippen LogP contribution in [-0.2, 0) is 14.3 Å². The first-order valence-electron chi connectivity index (χ1n) is 5.49. The summed E-state index contributed by atoms with van der Waals surface area (Å²) in [7, 11) is 0. The van der Waals surface area contributed by atoms with Crippen LogP contribution >= 0.6 is 0 Å². The van der Waals surface area contributed by atoms with Gasteiger partial charge in [0.15, 0.2) is 5.78 Å². The number of Topliss-reactive ketones (excluding diaryl/α,β-unsaturated/α-hetero) is 1. The van der Waals surface area contributed by atoms with Gasteiger partial charge in [-0.1, -0.05) is 44.2 Å². The number of amides is 1. The van der Waals surface area contributed by atoms with Crippen molar-refractivity contribution in [3.8, 4) is 0 Å². The Balaban J connectivity index is 0.00000289. The van der Waals surface area contributed by atoms with Gasteiger partial charge >= 0.3 is 58.2 Å². The third-order valence-corrected chi connectivity index (χ3v) is 2.12. The molecule has 0 aliphatic carbocycles. The van der Waals surface area contributed by atoms with E-state index in [1.807, 2.05) is 6.07 Å². The van der Waals surface area contributed by atoms with E-state index in [1.165, 1.54) is 0 Å². The van der Waals surface area contributed by atoms with Crippen LogP contribution in [0.5, 0.6) is 0 Å². The number of carbonyl (C=O) groups excluding carboxylic acids is 2. The average molecular weight is 320 g/mol. The summed E-state index contributed by atoms with van der Waals surface area (Å²) in [4.78, 5) is 22.6. The number of ether oxygens (including phenoxy) is 1. The molecule has 1 aromatic carbocycles. The summed E-state index contributed by atoms with van der Waals surface area (Å²) in [5.41, 5.74) is 0.594. The van der Waals surface area contributed by atoms with Crippen molar-refractivity contribution in [2.24, 2.45) is 5.92 Å². The molecular formula is C13H16NO3Rb. The van der Waals surface area contributed by atoms with E-state index in [9.17, 15) is 9.59 Å². The summed E-state index contributed by atoms with van der Waals surface area (Å²) >= 11 is 0. The Kier molecular flexibility index (Phi) is 10.0. The van der Waals surface area contributed by atoms with Gasteiger partial charge in [0.25, 0.3) is 0 Å². The van der Waals surface area contributed by atoms with E-state index in [2.05, 4.69) is 5.32 Å². The molecule has 0 N–H and O–H groups in total. The van der Waals surface area contributed by atoms with Crippen molar-refractivity contribution >= 4 is 17.4 Å². The predicted octanol–water partition coefficient (Wildman–Crippen LogP) is -0.536. The fourth-order valence-electron chi connectivity index (χ4n) is 1.08. The predicted molar refractivity (Wildman–Crippen MR) is 65.1 cm³/mol. The first-order chi connectivity index (χ1) is 8.09. The number of para-hydroxylation sites is 1. The Morgan fingerprint density at radius 3 is 2.33 bits per heavy atom. The van der Waals surface area contributed by atoms with Gasteiger partial charge in [-0.05, 0) is 0 Å². The van der Waals surface area contributed by atoms with Crippen LogP contribution in [0, 0.1) is 5.92 Å². The largest absolute Gasteiger partial charge is 1.00 e. The SMILES string of the molecule is CC(C)C(=O)COCC(=O)[N-]c1ccccc1.[Rb+]. The Bertz CT molecular complexity index is 379. The minimum absolute atomic E-state index is 0. The second kappa shape index (κ2) is 9.98. The van der Waals surface area contributed by atoms with E-state index in [-0.39, 0.29) is 89.0 Å². The van der Waals surface area contributed by atoms with Gasteiger partial charge in [-0.2, -0.15) is 0 Å². The molecule has 0 saturated heterocycles. The third kappa shape index (κ3) is 7.54. The van der Waals surface area contributed by atoms with Crippen LogP contribution < -0.4 is 58.2 Å². The van der Waals surface area contributed by atoms with Crippen LogP contribution in [0.4, 0.5) is 5.69 Å². The maximum atomic E-state index is 11.4. The summed E-state index contributed by atoms with van der Waals surface area (Å²) in [5, 5.41) is 3.83. The van der Waals surface area contributed by atoms with Crippen LogP contribution in [-0.4, -0.2) is 24.9 Å². The molecule has 0 heterocycles. The van der Waals surface area contributed by atoms with Crippen LogP contribution in [0.1, 0.15) is 13.8 Å². The zero-order valence-corrected chi connectivity index (χ0v) is 16.0. The van der Waals surface area contributed by atoms with Crippen molar-refractivity contribution in [2.45, 2.75) is 13.8 Å². The molecule has 0 radical (unpaired) electrons. The number of carbonyl (C=O) groups is 2. The molecule has 0 spiro atoms. The average Bonchev–Trinajstić information content (AvgIpc) is 2.30. The quantitative estimate of drug-likeness (QED) is 0.708. The number of benzene rings is 1. The van der Waals surface area contributed by atoms with Crippen molar-refractivity contribution < 1.29 is 72.5 Å². The number of nitrogens with zero attached hydrogens (tertiary/aromatic N) is 1. The molecule has 4 nitrogen and oxygen atoms in total. The molecule has 92 valence electrons. The maximum absolute atomic E-state index is 11.4. The van der Waals surface area contributed by atoms with Crippen molar-refractivity contribution in [3.63, 3.8) is 0 Å². The second-order valence-corrected chi connectivity index (χ2v) is 3.95. The molecule has 0 fully saturated rings. The molecule has 5 heteroatoms. The van der Waals surface area contributed by atoms with E-state index in [0.717, 1.165) is 0 Å². The van der Waals surface area contributed by atoms with Gasteiger partial charge in [-0.15, -0.1) is 5.69 Å². The molecule has 1 aromatic rings. The smallest absolute Gasteiger partial charge is 0.625 e. The molecule has 0 aliphatic rings. The minimum Gasteiger partial charge on any atom is -0.625 e. The molecular weight excluding hydrogens is 304 g/mol. The van der Waals surface area contributed by atoms with E-state index in [4.69, 9.17) is 4.74 Å². The van der Waals surface area contributed by atoms with Gasteiger partial charge in [0, 0.05) is 5.92 Å². The van der Waals surface area contributed by atoms with E-state index in [1.54, 1.807) is 38.1 Å². The molecule has 1 rings (SSSR count). The summed E-state index contributed by atoms with van der Waals surface area (Å²) in [6.07, 6.45) is 0. The number of rotatable bonds is 6. The normalized spacial score (nSPS) is 9.72. The van der Waals surface area contributed by atoms with Gasteiger partial charge in [0.05, 0.1) is 12.5 Å². The molecule has 1 amide bonds. The fourth-order valence-corrected chi connectivity index (χ4v) is 1.08. The van der Waals surface area contributed by atoms with E-state index < -0.39 is 0 Å². The molecule has 0 saturated carbocycles. The number of hydrogen-bond acceptors (Lipinski definition) is 3. The van der Waals surface area contributed by atoms with Gasteiger partial charge in [-0.3, -0.25) is 4.79 Å². The summed E-state index contributed by atoms with van der Waals surface area (Å²) < 4.78 is 5.00. The van der Waals surface area contributed by atoms with Crippen LogP contribution in [0.25, 0.3) is 5.32 Å². The van der Waals surface area contributed by atoms with Crippen LogP contribution in [0.15, 0.2) is 30.3 Å². The number of hydrogen-bond donors (Lipinski definition) is 0. The Morgan fingerprint density at radius 1 is 1.17 bits per heavy atom. The molecule has 18 heavy (non-hydrogen) atoms. The topological polar surface area (TPSA) is 57.5 Å². The van der Waals surface area contributed by atoms with Gasteiger partial charge in [-0.25, -0.2) is 0 Å². The van der Waals surface area contributed by atoms with Gasteiger partial charge < -0.3 is 14.8 Å². The Hall–Kier alpha value is 0.125. The van der Waals surface area contributed by atoms with Gasteiger partial charge in [0.1, 0.15) is 6.61 Å². The monoisotopic (exact) mass is 319 g/mol. The summed E-state index contributed by atoms with van der Waals surface area (Å²) in [6, 6.07) is 8.92. The fraction of sp³-hybridized carbons (Fsp3) is 0.385. The summed E-state index contributed by atoms with van der Waals surface area (Å²) in [5.74, 6) is -0.471. The molecule has 0 aromatic heterocycles. The standard InChI is InChI=1S/C13H17NO3.Rb/c1-10(2)12(15)8-17-9-13(16)14-11-6-4-3-5-7-11;/h3-7,10H,8-9H2,1-2H3,(H,14,16);/q;+1/p-1. The molecule has 0 atom stereocenters. The molecule has 0 bridgehead atoms. The summed E-state index contributed by atoms with van der Waals surface area (Å²) in [6.45, 7) is 3.39. The number of ketones is 1. The zero-order chi connectivity index (χ0) is 12.7. The Morgan fingerprint density at radius 2 is 1.78 bits per heavy atom. The third-order valence-electron chi connectivity index (χ3n) is 2.12. The van der Waals surface area contributed by atoms with Crippen molar-refractivity contribution in [1.29, 1.82) is 0 Å². The Labute approximate surface area is 156 Å². The zero-order valence-electron chi connectivity index (χ0n) is 11.1. The second-order valence-electron chi connectivity index (χ2n) is 3.95. The molecule has 0 aliphatic heterocycles. The maximum Gasteiger partial charge on any atom is 1.00 e. The van der Waals surface area contributed by atoms with Crippen LogP contribution in [0.2, 0.25) is 0 Å². The van der Waals surface area contributed by atoms with Crippen molar-refractivity contribution in [1.82, 2.24) is 0 Å². The van der Waals surface area contributed by atoms with E-state index in [0.29, 0.717) is 5.69 Å². The van der Waals surface area contributed by atoms with Gasteiger partial charge in [0.2, 0.25) is 0 Å².